The SMILES string of the molecule is CC1c2ccc(Nc3nc(C4C5CC6CC(C5)CC4C6)cs3)c(O)c2C(O)=C2C(=O)C3(O)C(O)=C(C(N)=O)C(=O)CC3C(O)C21. The molecular weight excluding hydrogens is 598 g/mol. The molecule has 7 aliphatic carbocycles. The van der Waals surface area contributed by atoms with Gasteiger partial charge in [0.25, 0.3) is 5.91 Å². The van der Waals surface area contributed by atoms with Crippen molar-refractivity contribution in [3.63, 3.8) is 0 Å². The number of nitrogens with one attached hydrogen (secondary N) is 1. The summed E-state index contributed by atoms with van der Waals surface area (Å²) in [5.41, 5.74) is 2.80. The molecule has 12 heteroatoms. The number of benzene rings is 1. The fourth-order valence-corrected chi connectivity index (χ4v) is 10.9. The molecule has 5 unspecified atom stereocenters. The maximum absolute atomic E-state index is 13.9. The Bertz CT molecular complexity index is 1730. The Morgan fingerprint density at radius 1 is 1.04 bits per heavy atom. The first-order chi connectivity index (χ1) is 21.4. The van der Waals surface area contributed by atoms with E-state index in [9.17, 15) is 39.9 Å². The van der Waals surface area contributed by atoms with Gasteiger partial charge in [-0.25, -0.2) is 4.98 Å². The van der Waals surface area contributed by atoms with Crippen LogP contribution in [0.15, 0.2) is 34.4 Å². The molecule has 11 nitrogen and oxygen atoms in total. The number of hydrogen-bond donors (Lipinski definition) is 7. The Hall–Kier alpha value is -3.74. The number of carbonyl (C=O) groups is 3. The molecule has 5 fully saturated rings. The number of ketones is 2. The van der Waals surface area contributed by atoms with E-state index >= 15 is 0 Å². The summed E-state index contributed by atoms with van der Waals surface area (Å²) in [5.74, 6) is -5.34. The van der Waals surface area contributed by atoms with Crippen molar-refractivity contribution in [3.05, 3.63) is 51.2 Å². The Kier molecular flexibility index (Phi) is 6.15. The van der Waals surface area contributed by atoms with Gasteiger partial charge in [0.1, 0.15) is 22.8 Å². The van der Waals surface area contributed by atoms with Gasteiger partial charge in [-0.1, -0.05) is 13.0 Å². The van der Waals surface area contributed by atoms with E-state index in [-0.39, 0.29) is 17.0 Å². The van der Waals surface area contributed by atoms with E-state index in [0.29, 0.717) is 28.4 Å². The molecule has 5 atom stereocenters. The van der Waals surface area contributed by atoms with Crippen LogP contribution in [0, 0.1) is 35.5 Å². The van der Waals surface area contributed by atoms with Crippen molar-refractivity contribution in [1.82, 2.24) is 4.98 Å². The normalized spacial score (nSPS) is 38.2. The smallest absolute Gasteiger partial charge is 0.255 e. The average molecular weight is 634 g/mol. The number of phenolic OH excluding ortho intramolecular Hbond substituents is 1. The van der Waals surface area contributed by atoms with E-state index < -0.39 is 76.0 Å². The summed E-state index contributed by atoms with van der Waals surface area (Å²) >= 11 is 1.44. The molecule has 0 saturated heterocycles. The van der Waals surface area contributed by atoms with Gasteiger partial charge in [-0.3, -0.25) is 14.4 Å². The maximum atomic E-state index is 13.9. The average Bonchev–Trinajstić information content (AvgIpc) is 3.43. The zero-order valence-corrected chi connectivity index (χ0v) is 25.4. The van der Waals surface area contributed by atoms with Crippen LogP contribution in [-0.4, -0.2) is 59.7 Å². The minimum absolute atomic E-state index is 0.0513. The zero-order valence-electron chi connectivity index (χ0n) is 24.6. The fourth-order valence-electron chi connectivity index (χ4n) is 10.1. The summed E-state index contributed by atoms with van der Waals surface area (Å²) in [6, 6.07) is 3.34. The van der Waals surface area contributed by atoms with Crippen molar-refractivity contribution in [2.45, 2.75) is 69.0 Å². The van der Waals surface area contributed by atoms with Gasteiger partial charge in [-0.05, 0) is 73.3 Å². The predicted octanol–water partition coefficient (Wildman–Crippen LogP) is 3.70. The number of anilines is 2. The van der Waals surface area contributed by atoms with Gasteiger partial charge in [0.05, 0.1) is 23.0 Å². The topological polar surface area (TPSA) is 203 Å². The van der Waals surface area contributed by atoms with E-state index in [1.165, 1.54) is 43.4 Å². The molecule has 0 aliphatic heterocycles. The number of phenols is 1. The quantitative estimate of drug-likeness (QED) is 0.192. The number of aromatic hydroxyl groups is 1. The summed E-state index contributed by atoms with van der Waals surface area (Å²) in [6.45, 7) is 1.70. The second-order valence-electron chi connectivity index (χ2n) is 14.1. The summed E-state index contributed by atoms with van der Waals surface area (Å²) in [7, 11) is 0. The summed E-state index contributed by atoms with van der Waals surface area (Å²) < 4.78 is 0. The van der Waals surface area contributed by atoms with Crippen molar-refractivity contribution >= 4 is 45.4 Å². The van der Waals surface area contributed by atoms with Gasteiger partial charge in [0.15, 0.2) is 16.5 Å². The van der Waals surface area contributed by atoms with Crippen LogP contribution in [-0.2, 0) is 14.4 Å². The van der Waals surface area contributed by atoms with Crippen LogP contribution in [0.4, 0.5) is 10.8 Å². The number of aliphatic hydroxyl groups is 4. The Morgan fingerprint density at radius 2 is 1.71 bits per heavy atom. The first-order valence-corrected chi connectivity index (χ1v) is 16.5. The van der Waals surface area contributed by atoms with Crippen molar-refractivity contribution < 1.29 is 39.9 Å². The first-order valence-electron chi connectivity index (χ1n) is 15.6. The number of amides is 1. The molecule has 45 heavy (non-hydrogen) atoms. The number of aromatic nitrogens is 1. The molecule has 2 aromatic rings. The molecule has 4 bridgehead atoms. The molecule has 0 spiro atoms. The standard InChI is InChI=1S/C33H35N3O8S/c1-11-16-2-3-18(35-32-36-19(10-45-32)22-14-5-12-4-13(7-14)8-15(22)6-12)27(39)23(16)28(40)25-21(11)26(38)17-9-20(37)24(31(34)43)29(41)33(17,44)30(25)42/h2-3,10-15,17,21-22,26,38-41,44H,4-9H2,1H3,(H2,34,43)(H,35,36). The number of nitrogens with zero attached hydrogens (tertiary/aromatic N) is 1. The largest absolute Gasteiger partial charge is 0.508 e. The number of fused-ring (bicyclic) bond motifs is 3. The Labute approximate surface area is 262 Å². The van der Waals surface area contributed by atoms with E-state index in [2.05, 4.69) is 10.7 Å². The van der Waals surface area contributed by atoms with Gasteiger partial charge < -0.3 is 36.6 Å². The molecule has 8 N–H and O–H groups in total. The minimum Gasteiger partial charge on any atom is -0.508 e. The Balaban J connectivity index is 1.15. The van der Waals surface area contributed by atoms with Gasteiger partial charge in [-0.15, -0.1) is 11.3 Å². The van der Waals surface area contributed by atoms with Crippen LogP contribution in [0.5, 0.6) is 5.75 Å². The monoisotopic (exact) mass is 633 g/mol. The fraction of sp³-hybridized carbons (Fsp3) is 0.515. The van der Waals surface area contributed by atoms with Crippen LogP contribution in [0.1, 0.15) is 74.1 Å². The third-order valence-electron chi connectivity index (χ3n) is 11.8. The van der Waals surface area contributed by atoms with Crippen LogP contribution in [0.3, 0.4) is 0 Å². The second kappa shape index (κ2) is 9.63. The Morgan fingerprint density at radius 3 is 2.36 bits per heavy atom. The van der Waals surface area contributed by atoms with Crippen LogP contribution in [0.2, 0.25) is 0 Å². The number of rotatable bonds is 4. The molecule has 5 saturated carbocycles. The third-order valence-corrected chi connectivity index (χ3v) is 12.6. The molecular formula is C33H35N3O8S. The first kappa shape index (κ1) is 28.7. The second-order valence-corrected chi connectivity index (χ2v) is 14.9. The lowest BCUT2D eigenvalue weighted by Crippen LogP contribution is -2.63. The molecule has 1 aromatic heterocycles. The van der Waals surface area contributed by atoms with E-state index in [4.69, 9.17) is 10.7 Å². The number of Topliss-reactive ketones (excluding diaryl/α,β-unsaturated/α-hetero) is 2. The lowest BCUT2D eigenvalue weighted by molar-refractivity contribution is -0.160. The highest BCUT2D eigenvalue weighted by Crippen LogP contribution is 2.60. The molecule has 1 aromatic carbocycles. The lowest BCUT2D eigenvalue weighted by atomic mass is 9.51. The van der Waals surface area contributed by atoms with Crippen molar-refractivity contribution in [2.24, 2.45) is 41.2 Å². The highest BCUT2D eigenvalue weighted by molar-refractivity contribution is 7.13. The molecule has 7 aliphatic rings. The van der Waals surface area contributed by atoms with Gasteiger partial charge in [-0.2, -0.15) is 0 Å². The molecule has 9 rings (SSSR count). The molecule has 236 valence electrons. The molecule has 0 radical (unpaired) electrons. The molecule has 1 heterocycles. The molecule has 1 amide bonds. The van der Waals surface area contributed by atoms with Crippen molar-refractivity contribution in [1.29, 1.82) is 0 Å². The van der Waals surface area contributed by atoms with E-state index in [0.717, 1.165) is 17.5 Å². The van der Waals surface area contributed by atoms with Crippen LogP contribution < -0.4 is 11.1 Å². The van der Waals surface area contributed by atoms with Crippen LogP contribution >= 0.6 is 11.3 Å². The van der Waals surface area contributed by atoms with Crippen molar-refractivity contribution in [2.75, 3.05) is 5.32 Å². The number of thiazole rings is 1. The number of nitrogens with two attached hydrogens (primary N) is 1. The van der Waals surface area contributed by atoms with E-state index in [1.807, 2.05) is 0 Å². The highest BCUT2D eigenvalue weighted by Gasteiger charge is 2.65. The maximum Gasteiger partial charge on any atom is 0.255 e. The summed E-state index contributed by atoms with van der Waals surface area (Å²) in [4.78, 5) is 43.4. The van der Waals surface area contributed by atoms with Gasteiger partial charge in [0.2, 0.25) is 5.78 Å². The zero-order chi connectivity index (χ0) is 31.7. The number of hydrogen-bond acceptors (Lipinski definition) is 11. The summed E-state index contributed by atoms with van der Waals surface area (Å²) in [5, 5.41) is 62.6. The van der Waals surface area contributed by atoms with Gasteiger partial charge >= 0.3 is 0 Å². The minimum atomic E-state index is -2.87. The third kappa shape index (κ3) is 3.82. The summed E-state index contributed by atoms with van der Waals surface area (Å²) in [6.07, 6.45) is 4.29. The predicted molar refractivity (Wildman–Crippen MR) is 163 cm³/mol. The number of primary amides is 1. The van der Waals surface area contributed by atoms with E-state index in [1.54, 1.807) is 19.1 Å². The van der Waals surface area contributed by atoms with Gasteiger partial charge in [0, 0.05) is 35.1 Å². The van der Waals surface area contributed by atoms with Crippen LogP contribution in [0.25, 0.3) is 5.76 Å². The highest BCUT2D eigenvalue weighted by atomic mass is 32.1. The number of carbonyl (C=O) groups excluding carboxylic acids is 3. The van der Waals surface area contributed by atoms with Crippen molar-refractivity contribution in [3.8, 4) is 5.75 Å². The lowest BCUT2D eigenvalue weighted by Gasteiger charge is -2.54. The number of aliphatic hydroxyl groups excluding tert-OH is 3.